The van der Waals surface area contributed by atoms with Gasteiger partial charge in [0.15, 0.2) is 5.75 Å². The van der Waals surface area contributed by atoms with Crippen molar-refractivity contribution < 1.29 is 14.6 Å². The zero-order chi connectivity index (χ0) is 24.9. The summed E-state index contributed by atoms with van der Waals surface area (Å²) in [5.41, 5.74) is 3.32. The van der Waals surface area contributed by atoms with Gasteiger partial charge in [-0.05, 0) is 34.9 Å². The first-order valence-electron chi connectivity index (χ1n) is 11.2. The maximum atomic E-state index is 11.4. The third kappa shape index (κ3) is 4.78. The molecule has 4 aromatic carbocycles. The maximum Gasteiger partial charge on any atom is 0.159 e. The summed E-state index contributed by atoms with van der Waals surface area (Å²) in [4.78, 5) is 16.6. The molecule has 0 spiro atoms. The van der Waals surface area contributed by atoms with Crippen LogP contribution in [0.25, 0.3) is 21.9 Å². The molecule has 0 radical (unpaired) electrons. The van der Waals surface area contributed by atoms with Crippen LogP contribution in [0.1, 0.15) is 21.5 Å². The van der Waals surface area contributed by atoms with Crippen LogP contribution in [0.5, 0.6) is 11.5 Å². The van der Waals surface area contributed by atoms with E-state index in [2.05, 4.69) is 11.1 Å². The molecule has 0 N–H and O–H groups in total. The lowest BCUT2D eigenvalue weighted by Gasteiger charge is -2.13. The Morgan fingerprint density at radius 2 is 1.64 bits per heavy atom. The molecule has 0 fully saturated rings. The van der Waals surface area contributed by atoms with Crippen molar-refractivity contribution in [2.75, 3.05) is 0 Å². The van der Waals surface area contributed by atoms with Crippen LogP contribution in [0.2, 0.25) is 0 Å². The summed E-state index contributed by atoms with van der Waals surface area (Å²) in [6.07, 6.45) is 3.42. The second-order valence-electron chi connectivity index (χ2n) is 8.01. The van der Waals surface area contributed by atoms with E-state index < -0.39 is 5.97 Å². The Morgan fingerprint density at radius 3 is 2.42 bits per heavy atom. The smallest absolute Gasteiger partial charge is 0.159 e. The Hall–Kier alpha value is -4.60. The fourth-order valence-corrected chi connectivity index (χ4v) is 4.90. The van der Waals surface area contributed by atoms with Crippen LogP contribution in [-0.4, -0.2) is 11.0 Å². The van der Waals surface area contributed by atoms with E-state index in [0.717, 1.165) is 26.8 Å². The van der Waals surface area contributed by atoms with Gasteiger partial charge in [-0.1, -0.05) is 72.8 Å². The second kappa shape index (κ2) is 10.3. The first kappa shape index (κ1) is 23.2. The molecule has 0 saturated heterocycles. The molecule has 6 heteroatoms. The number of nitriles is 1. The largest absolute Gasteiger partial charge is 0.545 e. The molecule has 1 aromatic heterocycles. The molecule has 0 aliphatic rings. The minimum absolute atomic E-state index is 0.175. The SMILES string of the molecule is N#Cc1ccc(Oc2cnccc2SCc2ccc(-c3ccccc3C(=O)[O-])cc2)c2ccccc12. The van der Waals surface area contributed by atoms with Crippen LogP contribution >= 0.6 is 11.8 Å². The number of nitrogens with zero attached hydrogens (tertiary/aromatic N) is 2. The van der Waals surface area contributed by atoms with Crippen molar-refractivity contribution in [3.05, 3.63) is 120 Å². The molecule has 5 rings (SSSR count). The van der Waals surface area contributed by atoms with Crippen LogP contribution in [0.3, 0.4) is 0 Å². The zero-order valence-electron chi connectivity index (χ0n) is 19.0. The average Bonchev–Trinajstić information content (AvgIpc) is 2.93. The lowest BCUT2D eigenvalue weighted by atomic mass is 9.99. The van der Waals surface area contributed by atoms with Crippen molar-refractivity contribution >= 4 is 28.5 Å². The topological polar surface area (TPSA) is 86.0 Å². The summed E-state index contributed by atoms with van der Waals surface area (Å²) in [5, 5.41) is 22.6. The van der Waals surface area contributed by atoms with Crippen molar-refractivity contribution in [2.45, 2.75) is 10.6 Å². The molecule has 5 nitrogen and oxygen atoms in total. The Kier molecular flexibility index (Phi) is 6.65. The number of pyridine rings is 1. The molecule has 0 aliphatic carbocycles. The summed E-state index contributed by atoms with van der Waals surface area (Å²) in [5.74, 6) is 0.800. The third-order valence-corrected chi connectivity index (χ3v) is 6.90. The molecule has 0 aliphatic heterocycles. The van der Waals surface area contributed by atoms with E-state index in [-0.39, 0.29) is 5.56 Å². The fraction of sp³-hybridized carbons (Fsp3) is 0.0333. The molecule has 0 atom stereocenters. The molecule has 36 heavy (non-hydrogen) atoms. The first-order valence-corrected chi connectivity index (χ1v) is 12.2. The van der Waals surface area contributed by atoms with E-state index in [1.54, 1.807) is 48.4 Å². The lowest BCUT2D eigenvalue weighted by Crippen LogP contribution is -2.22. The predicted molar refractivity (Wildman–Crippen MR) is 139 cm³/mol. The number of carbonyl (C=O) groups is 1. The number of rotatable bonds is 7. The van der Waals surface area contributed by atoms with Gasteiger partial charge in [0, 0.05) is 28.3 Å². The number of fused-ring (bicyclic) bond motifs is 1. The van der Waals surface area contributed by atoms with Gasteiger partial charge in [-0.25, -0.2) is 0 Å². The monoisotopic (exact) mass is 487 g/mol. The quantitative estimate of drug-likeness (QED) is 0.253. The van der Waals surface area contributed by atoms with Gasteiger partial charge in [0.05, 0.1) is 28.7 Å². The Morgan fingerprint density at radius 1 is 0.889 bits per heavy atom. The molecule has 1 heterocycles. The minimum Gasteiger partial charge on any atom is -0.545 e. The standard InChI is InChI=1S/C30H20N2O3S/c31-17-22-13-14-27(25-7-3-1-6-24(22)25)35-28-18-32-16-15-29(28)36-19-20-9-11-21(12-10-20)23-5-2-4-8-26(23)30(33)34/h1-16,18H,19H2,(H,33,34)/p-1. The lowest BCUT2D eigenvalue weighted by molar-refractivity contribution is -0.254. The molecule has 5 aromatic rings. The van der Waals surface area contributed by atoms with Crippen molar-refractivity contribution in [3.63, 3.8) is 0 Å². The van der Waals surface area contributed by atoms with E-state index in [1.807, 2.05) is 66.7 Å². The van der Waals surface area contributed by atoms with Crippen molar-refractivity contribution in [2.24, 2.45) is 0 Å². The van der Waals surface area contributed by atoms with Gasteiger partial charge in [-0.2, -0.15) is 5.26 Å². The van der Waals surface area contributed by atoms with Gasteiger partial charge >= 0.3 is 0 Å². The van der Waals surface area contributed by atoms with Crippen molar-refractivity contribution in [3.8, 4) is 28.7 Å². The third-order valence-electron chi connectivity index (χ3n) is 5.78. The van der Waals surface area contributed by atoms with Crippen LogP contribution < -0.4 is 9.84 Å². The van der Waals surface area contributed by atoms with E-state index in [4.69, 9.17) is 4.74 Å². The van der Waals surface area contributed by atoms with E-state index in [9.17, 15) is 15.2 Å². The number of ether oxygens (including phenoxy) is 1. The highest BCUT2D eigenvalue weighted by Gasteiger charge is 2.11. The number of carbonyl (C=O) groups excluding carboxylic acids is 1. The van der Waals surface area contributed by atoms with Gasteiger partial charge in [0.2, 0.25) is 0 Å². The summed E-state index contributed by atoms with van der Waals surface area (Å²) >= 11 is 1.62. The van der Waals surface area contributed by atoms with Gasteiger partial charge in [-0.3, -0.25) is 4.98 Å². The fourth-order valence-electron chi connectivity index (χ4n) is 3.99. The van der Waals surface area contributed by atoms with Crippen LogP contribution in [0, 0.1) is 11.3 Å². The number of benzene rings is 4. The molecule has 0 bridgehead atoms. The Labute approximate surface area is 212 Å². The summed E-state index contributed by atoms with van der Waals surface area (Å²) in [6.45, 7) is 0. The Bertz CT molecular complexity index is 1610. The summed E-state index contributed by atoms with van der Waals surface area (Å²) in [6, 6.07) is 30.1. The highest BCUT2D eigenvalue weighted by atomic mass is 32.2. The first-order chi connectivity index (χ1) is 17.6. The number of hydrogen-bond donors (Lipinski definition) is 0. The summed E-state index contributed by atoms with van der Waals surface area (Å²) < 4.78 is 6.27. The normalized spacial score (nSPS) is 10.6. The van der Waals surface area contributed by atoms with E-state index >= 15 is 0 Å². The molecule has 0 saturated carbocycles. The van der Waals surface area contributed by atoms with Crippen LogP contribution in [0.15, 0.2) is 108 Å². The van der Waals surface area contributed by atoms with E-state index in [0.29, 0.717) is 28.4 Å². The van der Waals surface area contributed by atoms with Crippen LogP contribution in [0.4, 0.5) is 0 Å². The minimum atomic E-state index is -1.19. The highest BCUT2D eigenvalue weighted by molar-refractivity contribution is 7.98. The maximum absolute atomic E-state index is 11.4. The zero-order valence-corrected chi connectivity index (χ0v) is 19.9. The van der Waals surface area contributed by atoms with Gasteiger partial charge in [-0.15, -0.1) is 11.8 Å². The number of aromatic nitrogens is 1. The summed E-state index contributed by atoms with van der Waals surface area (Å²) in [7, 11) is 0. The number of carboxylic acids is 1. The molecular formula is C30H19N2O3S-. The van der Waals surface area contributed by atoms with Gasteiger partial charge in [0.25, 0.3) is 0 Å². The molecule has 174 valence electrons. The van der Waals surface area contributed by atoms with Gasteiger partial charge < -0.3 is 14.6 Å². The highest BCUT2D eigenvalue weighted by Crippen LogP contribution is 2.37. The number of carboxylic acid groups (broad SMARTS) is 1. The predicted octanol–water partition coefficient (Wildman–Crippen LogP) is 6.22. The molecular weight excluding hydrogens is 468 g/mol. The van der Waals surface area contributed by atoms with Gasteiger partial charge in [0.1, 0.15) is 5.75 Å². The van der Waals surface area contributed by atoms with Crippen molar-refractivity contribution in [1.29, 1.82) is 5.26 Å². The number of aromatic carboxylic acids is 1. The van der Waals surface area contributed by atoms with Crippen LogP contribution in [-0.2, 0) is 5.75 Å². The van der Waals surface area contributed by atoms with Crippen molar-refractivity contribution in [1.82, 2.24) is 4.98 Å². The number of thioether (sulfide) groups is 1. The average molecular weight is 488 g/mol. The van der Waals surface area contributed by atoms with E-state index in [1.165, 1.54) is 0 Å². The Balaban J connectivity index is 1.35. The second-order valence-corrected chi connectivity index (χ2v) is 9.03. The molecule has 0 amide bonds. The number of hydrogen-bond acceptors (Lipinski definition) is 6. The molecule has 0 unspecified atom stereocenters.